The molecule has 0 saturated carbocycles. The van der Waals surface area contributed by atoms with Crippen LogP contribution in [-0.2, 0) is 4.74 Å². The number of aromatic amines is 1. The van der Waals surface area contributed by atoms with Gasteiger partial charge < -0.3 is 4.74 Å². The van der Waals surface area contributed by atoms with Crippen LogP contribution < -0.4 is 0 Å². The Labute approximate surface area is 100 Å². The van der Waals surface area contributed by atoms with Crippen LogP contribution in [0.5, 0.6) is 0 Å². The first kappa shape index (κ1) is 10.4. The summed E-state index contributed by atoms with van der Waals surface area (Å²) >= 11 is 2.12. The Bertz CT molecular complexity index is 507. The van der Waals surface area contributed by atoms with Gasteiger partial charge in [0.2, 0.25) is 0 Å². The van der Waals surface area contributed by atoms with Gasteiger partial charge in [-0.05, 0) is 47.7 Å². The number of nitrogens with zero attached hydrogens (tertiary/aromatic N) is 1. The van der Waals surface area contributed by atoms with E-state index in [-0.39, 0.29) is 5.97 Å². The van der Waals surface area contributed by atoms with Gasteiger partial charge in [0, 0.05) is 5.39 Å². The molecule has 4 nitrogen and oxygen atoms in total. The second-order valence-corrected chi connectivity index (χ2v) is 4.02. The van der Waals surface area contributed by atoms with Crippen molar-refractivity contribution < 1.29 is 9.53 Å². The average Bonchev–Trinajstić information content (AvgIpc) is 2.60. The Morgan fingerprint density at radius 1 is 1.60 bits per heavy atom. The van der Waals surface area contributed by atoms with E-state index in [0.717, 1.165) is 14.6 Å². The van der Waals surface area contributed by atoms with Gasteiger partial charge in [-0.1, -0.05) is 0 Å². The highest BCUT2D eigenvalue weighted by molar-refractivity contribution is 14.1. The Morgan fingerprint density at radius 3 is 3.13 bits per heavy atom. The quantitative estimate of drug-likeness (QED) is 0.683. The van der Waals surface area contributed by atoms with Crippen LogP contribution in [0.1, 0.15) is 17.3 Å². The van der Waals surface area contributed by atoms with Crippen LogP contribution in [0.3, 0.4) is 0 Å². The largest absolute Gasteiger partial charge is 0.462 e. The smallest absolute Gasteiger partial charge is 0.338 e. The molecular weight excluding hydrogens is 307 g/mol. The standard InChI is InChI=1S/C10H9IN2O2/c1-2-15-10(14)6-3-4-8-7(5-6)9(11)13-12-8/h3-5H,2H2,1H3,(H,12,13). The Morgan fingerprint density at radius 2 is 2.40 bits per heavy atom. The first-order valence-corrected chi connectivity index (χ1v) is 5.61. The Hall–Kier alpha value is -1.11. The van der Waals surface area contributed by atoms with Gasteiger partial charge in [-0.3, -0.25) is 5.10 Å². The minimum Gasteiger partial charge on any atom is -0.462 e. The minimum atomic E-state index is -0.295. The summed E-state index contributed by atoms with van der Waals surface area (Å²) in [6.45, 7) is 2.18. The first-order valence-electron chi connectivity index (χ1n) is 4.53. The first-order chi connectivity index (χ1) is 7.22. The second kappa shape index (κ2) is 4.18. The molecule has 0 bridgehead atoms. The fourth-order valence-corrected chi connectivity index (χ4v) is 1.89. The minimum absolute atomic E-state index is 0.295. The monoisotopic (exact) mass is 316 g/mol. The van der Waals surface area contributed by atoms with Crippen molar-refractivity contribution in [2.75, 3.05) is 6.61 Å². The topological polar surface area (TPSA) is 55.0 Å². The van der Waals surface area contributed by atoms with Crippen molar-refractivity contribution >= 4 is 39.5 Å². The maximum absolute atomic E-state index is 11.5. The van der Waals surface area contributed by atoms with Gasteiger partial charge >= 0.3 is 5.97 Å². The van der Waals surface area contributed by atoms with Gasteiger partial charge in [-0.25, -0.2) is 4.79 Å². The lowest BCUT2D eigenvalue weighted by Gasteiger charge is -2.01. The molecule has 0 aliphatic heterocycles. The van der Waals surface area contributed by atoms with Gasteiger partial charge in [0.25, 0.3) is 0 Å². The summed E-state index contributed by atoms with van der Waals surface area (Å²) in [7, 11) is 0. The summed E-state index contributed by atoms with van der Waals surface area (Å²) in [6, 6.07) is 5.35. The van der Waals surface area contributed by atoms with Crippen LogP contribution in [0, 0.1) is 3.70 Å². The molecule has 5 heteroatoms. The normalized spacial score (nSPS) is 10.5. The summed E-state index contributed by atoms with van der Waals surface area (Å²) < 4.78 is 5.78. The van der Waals surface area contributed by atoms with E-state index in [1.807, 2.05) is 6.07 Å². The predicted octanol–water partition coefficient (Wildman–Crippen LogP) is 2.34. The van der Waals surface area contributed by atoms with E-state index in [1.54, 1.807) is 19.1 Å². The number of aromatic nitrogens is 2. The molecule has 1 heterocycles. The molecule has 1 N–H and O–H groups in total. The number of hydrogen-bond donors (Lipinski definition) is 1. The van der Waals surface area contributed by atoms with Crippen molar-refractivity contribution in [3.8, 4) is 0 Å². The number of carbonyl (C=O) groups excluding carboxylic acids is 1. The van der Waals surface area contributed by atoms with Gasteiger partial charge in [-0.2, -0.15) is 5.10 Å². The second-order valence-electron chi connectivity index (χ2n) is 3.00. The molecule has 0 atom stereocenters. The third-order valence-electron chi connectivity index (χ3n) is 2.03. The number of ether oxygens (including phenoxy) is 1. The van der Waals surface area contributed by atoms with Crippen molar-refractivity contribution in [3.05, 3.63) is 27.5 Å². The number of nitrogens with one attached hydrogen (secondary N) is 1. The molecule has 2 rings (SSSR count). The van der Waals surface area contributed by atoms with Crippen LogP contribution >= 0.6 is 22.6 Å². The number of H-pyrrole nitrogens is 1. The maximum atomic E-state index is 11.5. The summed E-state index contributed by atoms with van der Waals surface area (Å²) in [5, 5.41) is 7.87. The van der Waals surface area contributed by atoms with Gasteiger partial charge in [0.1, 0.15) is 3.70 Å². The fourth-order valence-electron chi connectivity index (χ4n) is 1.32. The number of rotatable bonds is 2. The highest BCUT2D eigenvalue weighted by atomic mass is 127. The number of carbonyl (C=O) groups is 1. The number of halogens is 1. The molecule has 2 aromatic rings. The lowest BCUT2D eigenvalue weighted by atomic mass is 10.2. The molecule has 1 aromatic heterocycles. The SMILES string of the molecule is CCOC(=O)c1ccc2[nH]nc(I)c2c1. The Kier molecular flexibility index (Phi) is 2.90. The highest BCUT2D eigenvalue weighted by Gasteiger charge is 2.09. The van der Waals surface area contributed by atoms with E-state index in [2.05, 4.69) is 32.8 Å². The molecule has 0 radical (unpaired) electrons. The average molecular weight is 316 g/mol. The molecule has 0 amide bonds. The molecule has 0 spiro atoms. The lowest BCUT2D eigenvalue weighted by Crippen LogP contribution is -2.04. The zero-order valence-corrected chi connectivity index (χ0v) is 10.2. The zero-order valence-electron chi connectivity index (χ0n) is 8.08. The third-order valence-corrected chi connectivity index (χ3v) is 2.85. The summed E-state index contributed by atoms with van der Waals surface area (Å²) in [6.07, 6.45) is 0. The van der Waals surface area contributed by atoms with E-state index < -0.39 is 0 Å². The van der Waals surface area contributed by atoms with Crippen LogP contribution in [0.2, 0.25) is 0 Å². The van der Waals surface area contributed by atoms with Crippen LogP contribution in [0.4, 0.5) is 0 Å². The van der Waals surface area contributed by atoms with Gasteiger partial charge in [0.15, 0.2) is 0 Å². The molecular formula is C10H9IN2O2. The van der Waals surface area contributed by atoms with E-state index >= 15 is 0 Å². The zero-order chi connectivity index (χ0) is 10.8. The van der Waals surface area contributed by atoms with E-state index in [1.165, 1.54) is 0 Å². The van der Waals surface area contributed by atoms with Crippen LogP contribution in [0.25, 0.3) is 10.9 Å². The number of fused-ring (bicyclic) bond motifs is 1. The van der Waals surface area contributed by atoms with E-state index in [9.17, 15) is 4.79 Å². The molecule has 78 valence electrons. The van der Waals surface area contributed by atoms with Crippen molar-refractivity contribution in [3.63, 3.8) is 0 Å². The number of esters is 1. The Balaban J connectivity index is 2.45. The molecule has 0 aliphatic rings. The van der Waals surface area contributed by atoms with Crippen LogP contribution in [-0.4, -0.2) is 22.8 Å². The van der Waals surface area contributed by atoms with Crippen molar-refractivity contribution in [1.29, 1.82) is 0 Å². The van der Waals surface area contributed by atoms with Crippen molar-refractivity contribution in [2.45, 2.75) is 6.92 Å². The summed E-state index contributed by atoms with van der Waals surface area (Å²) in [4.78, 5) is 11.5. The molecule has 15 heavy (non-hydrogen) atoms. The van der Waals surface area contributed by atoms with Gasteiger partial charge in [0.05, 0.1) is 17.7 Å². The molecule has 1 aromatic carbocycles. The highest BCUT2D eigenvalue weighted by Crippen LogP contribution is 2.19. The van der Waals surface area contributed by atoms with Crippen molar-refractivity contribution in [1.82, 2.24) is 10.2 Å². The molecule has 0 saturated heterocycles. The summed E-state index contributed by atoms with van der Waals surface area (Å²) in [5.41, 5.74) is 1.48. The number of hydrogen-bond acceptors (Lipinski definition) is 3. The lowest BCUT2D eigenvalue weighted by molar-refractivity contribution is 0.0526. The van der Waals surface area contributed by atoms with Crippen LogP contribution in [0.15, 0.2) is 18.2 Å². The van der Waals surface area contributed by atoms with Crippen molar-refractivity contribution in [2.24, 2.45) is 0 Å². The summed E-state index contributed by atoms with van der Waals surface area (Å²) in [5.74, 6) is -0.295. The fraction of sp³-hybridized carbons (Fsp3) is 0.200. The van der Waals surface area contributed by atoms with E-state index in [4.69, 9.17) is 4.74 Å². The van der Waals surface area contributed by atoms with E-state index in [0.29, 0.717) is 12.2 Å². The predicted molar refractivity (Wildman–Crippen MR) is 64.8 cm³/mol. The molecule has 0 unspecified atom stereocenters. The number of benzene rings is 1. The third kappa shape index (κ3) is 1.97. The maximum Gasteiger partial charge on any atom is 0.338 e. The van der Waals surface area contributed by atoms with Gasteiger partial charge in [-0.15, -0.1) is 0 Å². The molecule has 0 aliphatic carbocycles. The molecule has 0 fully saturated rings.